The molecule has 0 aliphatic carbocycles. The number of fused-ring (bicyclic) bond motifs is 1. The minimum absolute atomic E-state index is 0. The summed E-state index contributed by atoms with van der Waals surface area (Å²) in [5.41, 5.74) is -2.32. The number of ether oxygens (including phenoxy) is 1. The van der Waals surface area contributed by atoms with Crippen molar-refractivity contribution < 1.29 is 40.7 Å². The SMILES string of the molecule is COCc1nc2c(C(=O)Nc3ccc(C(F)(F)F)cc3)cc(NC(=O)c3ccccc3C(F)(F)F)cc2[nH]1.Cl. The van der Waals surface area contributed by atoms with E-state index in [2.05, 4.69) is 20.6 Å². The van der Waals surface area contributed by atoms with Gasteiger partial charge in [-0.1, -0.05) is 12.1 Å². The third-order valence-corrected chi connectivity index (χ3v) is 5.37. The zero-order valence-electron chi connectivity index (χ0n) is 19.8. The number of anilines is 2. The molecule has 7 nitrogen and oxygen atoms in total. The fraction of sp³-hybridized carbons (Fsp3) is 0.160. The molecule has 0 bridgehead atoms. The van der Waals surface area contributed by atoms with Gasteiger partial charge in [-0.15, -0.1) is 12.4 Å². The zero-order chi connectivity index (χ0) is 27.7. The summed E-state index contributed by atoms with van der Waals surface area (Å²) in [6.45, 7) is 0.0370. The maximum absolute atomic E-state index is 13.4. The van der Waals surface area contributed by atoms with Gasteiger partial charge in [0.2, 0.25) is 0 Å². The minimum Gasteiger partial charge on any atom is -0.377 e. The molecule has 1 heterocycles. The number of nitrogens with zero attached hydrogens (tertiary/aromatic N) is 1. The largest absolute Gasteiger partial charge is 0.417 e. The van der Waals surface area contributed by atoms with Crippen LogP contribution < -0.4 is 10.6 Å². The molecule has 4 rings (SSSR count). The highest BCUT2D eigenvalue weighted by molar-refractivity contribution is 6.14. The number of aromatic nitrogens is 2. The first-order valence-corrected chi connectivity index (χ1v) is 10.8. The van der Waals surface area contributed by atoms with E-state index in [0.717, 1.165) is 42.5 Å². The van der Waals surface area contributed by atoms with Gasteiger partial charge in [0.1, 0.15) is 17.9 Å². The van der Waals surface area contributed by atoms with Crippen molar-refractivity contribution in [3.05, 3.63) is 88.7 Å². The van der Waals surface area contributed by atoms with Crippen molar-refractivity contribution in [3.8, 4) is 0 Å². The smallest absolute Gasteiger partial charge is 0.377 e. The van der Waals surface area contributed by atoms with Gasteiger partial charge < -0.3 is 20.4 Å². The fourth-order valence-corrected chi connectivity index (χ4v) is 3.69. The molecular weight excluding hydrogens is 554 g/mol. The van der Waals surface area contributed by atoms with Crippen LogP contribution in [0.25, 0.3) is 11.0 Å². The Morgan fingerprint density at radius 2 is 1.46 bits per heavy atom. The van der Waals surface area contributed by atoms with E-state index in [9.17, 15) is 35.9 Å². The van der Waals surface area contributed by atoms with Crippen LogP contribution in [0.5, 0.6) is 0 Å². The second-order valence-electron chi connectivity index (χ2n) is 8.06. The summed E-state index contributed by atoms with van der Waals surface area (Å²) in [6.07, 6.45) is -9.33. The van der Waals surface area contributed by atoms with Crippen LogP contribution in [0.2, 0.25) is 0 Å². The van der Waals surface area contributed by atoms with E-state index in [1.54, 1.807) is 0 Å². The first-order chi connectivity index (χ1) is 17.9. The van der Waals surface area contributed by atoms with E-state index in [-0.39, 0.29) is 47.0 Å². The van der Waals surface area contributed by atoms with E-state index in [4.69, 9.17) is 4.74 Å². The standard InChI is InChI=1S/C25H18F6N4O3.ClH/c1-38-12-20-34-19-11-15(33-22(36)16-4-2-3-5-18(16)25(29,30)31)10-17(21(19)35-20)23(37)32-14-8-6-13(7-9-14)24(26,27)28;/h2-11H,12H2,1H3,(H,32,37)(H,33,36)(H,34,35);1H. The second-order valence-corrected chi connectivity index (χ2v) is 8.06. The molecule has 39 heavy (non-hydrogen) atoms. The fourth-order valence-electron chi connectivity index (χ4n) is 3.69. The molecule has 3 N–H and O–H groups in total. The van der Waals surface area contributed by atoms with Gasteiger partial charge in [-0.25, -0.2) is 4.98 Å². The highest BCUT2D eigenvalue weighted by atomic mass is 35.5. The Balaban J connectivity index is 0.00000420. The van der Waals surface area contributed by atoms with Gasteiger partial charge in [0, 0.05) is 18.5 Å². The Labute approximate surface area is 223 Å². The average molecular weight is 573 g/mol. The van der Waals surface area contributed by atoms with Crippen LogP contribution in [-0.2, 0) is 23.7 Å². The molecule has 0 saturated heterocycles. The third kappa shape index (κ3) is 6.67. The summed E-state index contributed by atoms with van der Waals surface area (Å²) in [7, 11) is 1.41. The van der Waals surface area contributed by atoms with E-state index in [1.807, 2.05) is 0 Å². The van der Waals surface area contributed by atoms with Crippen molar-refractivity contribution in [3.63, 3.8) is 0 Å². The Hall–Kier alpha value is -4.10. The van der Waals surface area contributed by atoms with Gasteiger partial charge in [-0.05, 0) is 48.5 Å². The zero-order valence-corrected chi connectivity index (χ0v) is 20.6. The number of carbonyl (C=O) groups is 2. The van der Waals surface area contributed by atoms with Gasteiger partial charge >= 0.3 is 12.4 Å². The topological polar surface area (TPSA) is 96.1 Å². The molecule has 4 aromatic rings. The molecule has 0 fully saturated rings. The molecule has 2 amide bonds. The summed E-state index contributed by atoms with van der Waals surface area (Å²) in [5.74, 6) is -1.53. The lowest BCUT2D eigenvalue weighted by molar-refractivity contribution is -0.138. The van der Waals surface area contributed by atoms with Crippen LogP contribution >= 0.6 is 12.4 Å². The molecule has 3 aromatic carbocycles. The summed E-state index contributed by atoms with van der Waals surface area (Å²) in [5, 5.41) is 4.82. The molecule has 0 aliphatic rings. The quantitative estimate of drug-likeness (QED) is 0.225. The Morgan fingerprint density at radius 3 is 2.08 bits per heavy atom. The Kier molecular flexibility index (Phi) is 8.56. The predicted molar refractivity (Wildman–Crippen MR) is 133 cm³/mol. The highest BCUT2D eigenvalue weighted by Gasteiger charge is 2.35. The van der Waals surface area contributed by atoms with Crippen molar-refractivity contribution in [1.29, 1.82) is 0 Å². The lowest BCUT2D eigenvalue weighted by atomic mass is 10.1. The molecule has 0 saturated carbocycles. The molecule has 0 unspecified atom stereocenters. The number of H-pyrrole nitrogens is 1. The van der Waals surface area contributed by atoms with Crippen molar-refractivity contribution in [2.45, 2.75) is 19.0 Å². The summed E-state index contributed by atoms with van der Waals surface area (Å²) < 4.78 is 83.7. The number of halogens is 7. The van der Waals surface area contributed by atoms with Crippen molar-refractivity contribution in [1.82, 2.24) is 9.97 Å². The maximum atomic E-state index is 13.4. The average Bonchev–Trinajstić information content (AvgIpc) is 3.25. The molecule has 0 atom stereocenters. The number of amides is 2. The maximum Gasteiger partial charge on any atom is 0.417 e. The van der Waals surface area contributed by atoms with Crippen LogP contribution in [0.15, 0.2) is 60.7 Å². The summed E-state index contributed by atoms with van der Waals surface area (Å²) in [6, 6.07) is 10.5. The lowest BCUT2D eigenvalue weighted by Gasteiger charge is -2.13. The van der Waals surface area contributed by atoms with Crippen molar-refractivity contribution in [2.75, 3.05) is 17.7 Å². The molecular formula is C25H19ClF6N4O3. The Morgan fingerprint density at radius 1 is 0.846 bits per heavy atom. The van der Waals surface area contributed by atoms with Gasteiger partial charge in [0.15, 0.2) is 0 Å². The summed E-state index contributed by atoms with van der Waals surface area (Å²) >= 11 is 0. The predicted octanol–water partition coefficient (Wildman–Crippen LogP) is 6.67. The monoisotopic (exact) mass is 572 g/mol. The molecule has 14 heteroatoms. The van der Waals surface area contributed by atoms with E-state index in [1.165, 1.54) is 25.3 Å². The first kappa shape index (κ1) is 29.5. The number of alkyl halides is 6. The molecule has 206 valence electrons. The number of carbonyl (C=O) groups excluding carboxylic acids is 2. The number of methoxy groups -OCH3 is 1. The lowest BCUT2D eigenvalue weighted by Crippen LogP contribution is -2.19. The number of imidazole rings is 1. The van der Waals surface area contributed by atoms with Crippen molar-refractivity contribution >= 4 is 46.6 Å². The third-order valence-electron chi connectivity index (χ3n) is 5.37. The minimum atomic E-state index is -4.77. The van der Waals surface area contributed by atoms with Crippen molar-refractivity contribution in [2.24, 2.45) is 0 Å². The van der Waals surface area contributed by atoms with Gasteiger partial charge in [-0.2, -0.15) is 26.3 Å². The highest BCUT2D eigenvalue weighted by Crippen LogP contribution is 2.33. The molecule has 0 radical (unpaired) electrons. The number of rotatable bonds is 6. The number of hydrogen-bond donors (Lipinski definition) is 3. The Bertz CT molecular complexity index is 1500. The van der Waals surface area contributed by atoms with E-state index < -0.39 is 40.9 Å². The van der Waals surface area contributed by atoms with Crippen LogP contribution in [-0.4, -0.2) is 28.9 Å². The van der Waals surface area contributed by atoms with Crippen LogP contribution in [0.4, 0.5) is 37.7 Å². The van der Waals surface area contributed by atoms with E-state index >= 15 is 0 Å². The summed E-state index contributed by atoms with van der Waals surface area (Å²) in [4.78, 5) is 33.0. The normalized spacial score (nSPS) is 11.7. The van der Waals surface area contributed by atoms with Crippen LogP contribution in [0.1, 0.15) is 37.7 Å². The van der Waals surface area contributed by atoms with Gasteiger partial charge in [0.05, 0.1) is 27.8 Å². The van der Waals surface area contributed by atoms with E-state index in [0.29, 0.717) is 5.82 Å². The second kappa shape index (κ2) is 11.3. The van der Waals surface area contributed by atoms with Gasteiger partial charge in [0.25, 0.3) is 11.8 Å². The number of nitrogens with one attached hydrogen (secondary N) is 3. The number of benzene rings is 3. The number of hydrogen-bond acceptors (Lipinski definition) is 4. The first-order valence-electron chi connectivity index (χ1n) is 10.8. The number of aromatic amines is 1. The van der Waals surface area contributed by atoms with Crippen LogP contribution in [0.3, 0.4) is 0 Å². The molecule has 0 spiro atoms. The molecule has 0 aliphatic heterocycles. The molecule has 1 aromatic heterocycles. The van der Waals surface area contributed by atoms with Crippen LogP contribution in [0, 0.1) is 0 Å². The van der Waals surface area contributed by atoms with Gasteiger partial charge in [-0.3, -0.25) is 9.59 Å².